The molecule has 0 N–H and O–H groups in total. The first kappa shape index (κ1) is 14.5. The standard InChI is InChI=1S/C15H18N2O2S2/c1-3-19-14(18)13-10(2)21-15(16-13)17(11-6-7-11)9-12-5-4-8-20-12/h4-5,8,11H,3,6-7,9H2,1-2H3. The number of carbonyl (C=O) groups is 1. The van der Waals surface area contributed by atoms with E-state index in [1.807, 2.05) is 13.8 Å². The van der Waals surface area contributed by atoms with Crippen molar-refractivity contribution in [3.63, 3.8) is 0 Å². The van der Waals surface area contributed by atoms with Gasteiger partial charge >= 0.3 is 5.97 Å². The molecule has 1 fully saturated rings. The third-order valence-electron chi connectivity index (χ3n) is 3.39. The number of hydrogen-bond donors (Lipinski definition) is 0. The number of esters is 1. The fourth-order valence-electron chi connectivity index (χ4n) is 2.20. The van der Waals surface area contributed by atoms with Crippen molar-refractivity contribution in [2.75, 3.05) is 11.5 Å². The highest BCUT2D eigenvalue weighted by Gasteiger charge is 2.32. The molecule has 0 spiro atoms. The van der Waals surface area contributed by atoms with Gasteiger partial charge in [-0.1, -0.05) is 6.07 Å². The Labute approximate surface area is 132 Å². The molecule has 0 bridgehead atoms. The second-order valence-corrected chi connectivity index (χ2v) is 7.27. The Kier molecular flexibility index (Phi) is 4.26. The molecule has 0 aliphatic heterocycles. The quantitative estimate of drug-likeness (QED) is 0.757. The largest absolute Gasteiger partial charge is 0.461 e. The van der Waals surface area contributed by atoms with E-state index in [-0.39, 0.29) is 5.97 Å². The van der Waals surface area contributed by atoms with E-state index in [1.54, 1.807) is 22.7 Å². The van der Waals surface area contributed by atoms with E-state index >= 15 is 0 Å². The average molecular weight is 322 g/mol. The Hall–Kier alpha value is -1.40. The Morgan fingerprint density at radius 1 is 1.52 bits per heavy atom. The van der Waals surface area contributed by atoms with Gasteiger partial charge in [0.05, 0.1) is 13.2 Å². The van der Waals surface area contributed by atoms with E-state index < -0.39 is 0 Å². The zero-order valence-electron chi connectivity index (χ0n) is 12.2. The van der Waals surface area contributed by atoms with Crippen molar-refractivity contribution < 1.29 is 9.53 Å². The molecule has 6 heteroatoms. The number of thiazole rings is 1. The van der Waals surface area contributed by atoms with Gasteiger partial charge in [-0.25, -0.2) is 9.78 Å². The third kappa shape index (κ3) is 3.27. The lowest BCUT2D eigenvalue weighted by Crippen LogP contribution is -2.24. The van der Waals surface area contributed by atoms with Crippen LogP contribution < -0.4 is 4.90 Å². The maximum Gasteiger partial charge on any atom is 0.358 e. The van der Waals surface area contributed by atoms with Gasteiger partial charge in [-0.3, -0.25) is 0 Å². The van der Waals surface area contributed by atoms with Crippen LogP contribution in [-0.2, 0) is 11.3 Å². The Balaban J connectivity index is 1.83. The normalized spacial score (nSPS) is 14.2. The highest BCUT2D eigenvalue weighted by molar-refractivity contribution is 7.15. The lowest BCUT2D eigenvalue weighted by Gasteiger charge is -2.20. The van der Waals surface area contributed by atoms with Gasteiger partial charge in [0.2, 0.25) is 0 Å². The summed E-state index contributed by atoms with van der Waals surface area (Å²) in [5, 5.41) is 3.03. The number of nitrogens with zero attached hydrogens (tertiary/aromatic N) is 2. The van der Waals surface area contributed by atoms with Gasteiger partial charge in [0.25, 0.3) is 0 Å². The summed E-state index contributed by atoms with van der Waals surface area (Å²) < 4.78 is 5.07. The zero-order valence-corrected chi connectivity index (χ0v) is 13.8. The number of aromatic nitrogens is 1. The molecule has 112 valence electrons. The van der Waals surface area contributed by atoms with Gasteiger partial charge in [0.1, 0.15) is 0 Å². The molecule has 3 rings (SSSR count). The number of ether oxygens (including phenoxy) is 1. The maximum absolute atomic E-state index is 11.9. The summed E-state index contributed by atoms with van der Waals surface area (Å²) >= 11 is 3.35. The van der Waals surface area contributed by atoms with Gasteiger partial charge in [-0.05, 0) is 38.1 Å². The van der Waals surface area contributed by atoms with E-state index in [0.717, 1.165) is 16.6 Å². The number of carbonyl (C=O) groups excluding carboxylic acids is 1. The van der Waals surface area contributed by atoms with Crippen LogP contribution in [0, 0.1) is 6.92 Å². The summed E-state index contributed by atoms with van der Waals surface area (Å²) in [6, 6.07) is 4.78. The van der Waals surface area contributed by atoms with E-state index in [1.165, 1.54) is 17.7 Å². The Morgan fingerprint density at radius 2 is 2.33 bits per heavy atom. The minimum atomic E-state index is -0.315. The molecule has 0 unspecified atom stereocenters. The maximum atomic E-state index is 11.9. The number of anilines is 1. The summed E-state index contributed by atoms with van der Waals surface area (Å²) in [7, 11) is 0. The highest BCUT2D eigenvalue weighted by atomic mass is 32.1. The molecule has 0 atom stereocenters. The molecule has 2 aromatic rings. The van der Waals surface area contributed by atoms with Crippen molar-refractivity contribution in [2.24, 2.45) is 0 Å². The summed E-state index contributed by atoms with van der Waals surface area (Å²) in [5.74, 6) is -0.315. The zero-order chi connectivity index (χ0) is 14.8. The smallest absolute Gasteiger partial charge is 0.358 e. The predicted octanol–water partition coefficient (Wildman–Crippen LogP) is 3.86. The van der Waals surface area contributed by atoms with Gasteiger partial charge in [-0.2, -0.15) is 0 Å². The topological polar surface area (TPSA) is 42.4 Å². The van der Waals surface area contributed by atoms with Crippen LogP contribution in [0.25, 0.3) is 0 Å². The fraction of sp³-hybridized carbons (Fsp3) is 0.467. The minimum absolute atomic E-state index is 0.315. The molecule has 0 amide bonds. The second-order valence-electron chi connectivity index (χ2n) is 5.06. The number of aryl methyl sites for hydroxylation is 1. The lowest BCUT2D eigenvalue weighted by molar-refractivity contribution is 0.0519. The lowest BCUT2D eigenvalue weighted by atomic mass is 10.4. The predicted molar refractivity (Wildman–Crippen MR) is 86.3 cm³/mol. The first-order valence-electron chi connectivity index (χ1n) is 7.12. The summed E-state index contributed by atoms with van der Waals surface area (Å²) in [5.41, 5.74) is 0.466. The SMILES string of the molecule is CCOC(=O)c1nc(N(Cc2cccs2)C2CC2)sc1C. The molecule has 0 saturated heterocycles. The van der Waals surface area contributed by atoms with Crippen LogP contribution in [0.4, 0.5) is 5.13 Å². The van der Waals surface area contributed by atoms with Gasteiger partial charge in [0.15, 0.2) is 10.8 Å². The minimum Gasteiger partial charge on any atom is -0.461 e. The van der Waals surface area contributed by atoms with Crippen LogP contribution in [0.15, 0.2) is 17.5 Å². The van der Waals surface area contributed by atoms with E-state index in [4.69, 9.17) is 4.74 Å². The molecule has 21 heavy (non-hydrogen) atoms. The van der Waals surface area contributed by atoms with Crippen LogP contribution in [0.1, 0.15) is 40.0 Å². The molecule has 1 aliphatic carbocycles. The summed E-state index contributed by atoms with van der Waals surface area (Å²) in [6.45, 7) is 5.00. The summed E-state index contributed by atoms with van der Waals surface area (Å²) in [6.07, 6.45) is 2.41. The second kappa shape index (κ2) is 6.15. The van der Waals surface area contributed by atoms with E-state index in [0.29, 0.717) is 18.3 Å². The molecule has 0 aromatic carbocycles. The van der Waals surface area contributed by atoms with Crippen LogP contribution in [0.2, 0.25) is 0 Å². The highest BCUT2D eigenvalue weighted by Crippen LogP contribution is 2.37. The van der Waals surface area contributed by atoms with Gasteiger partial charge < -0.3 is 9.64 Å². The number of rotatable bonds is 6. The molecular weight excluding hydrogens is 304 g/mol. The van der Waals surface area contributed by atoms with Crippen LogP contribution >= 0.6 is 22.7 Å². The fourth-order valence-corrected chi connectivity index (χ4v) is 3.87. The van der Waals surface area contributed by atoms with Gasteiger partial charge in [-0.15, -0.1) is 22.7 Å². The first-order valence-corrected chi connectivity index (χ1v) is 8.82. The van der Waals surface area contributed by atoms with Crippen molar-refractivity contribution in [3.8, 4) is 0 Å². The van der Waals surface area contributed by atoms with Gasteiger partial charge in [0, 0.05) is 15.8 Å². The van der Waals surface area contributed by atoms with Crippen molar-refractivity contribution in [3.05, 3.63) is 33.0 Å². The van der Waals surface area contributed by atoms with E-state index in [9.17, 15) is 4.79 Å². The molecule has 2 heterocycles. The van der Waals surface area contributed by atoms with Crippen LogP contribution in [-0.4, -0.2) is 23.6 Å². The third-order valence-corrected chi connectivity index (χ3v) is 5.26. The molecule has 0 radical (unpaired) electrons. The molecule has 4 nitrogen and oxygen atoms in total. The van der Waals surface area contributed by atoms with Crippen LogP contribution in [0.5, 0.6) is 0 Å². The first-order chi connectivity index (χ1) is 10.2. The molecule has 1 saturated carbocycles. The Bertz CT molecular complexity index is 618. The monoisotopic (exact) mass is 322 g/mol. The number of thiophene rings is 1. The van der Waals surface area contributed by atoms with Crippen molar-refractivity contribution in [2.45, 2.75) is 39.3 Å². The van der Waals surface area contributed by atoms with E-state index in [2.05, 4.69) is 27.4 Å². The average Bonchev–Trinajstić information content (AvgIpc) is 3.02. The Morgan fingerprint density at radius 3 is 2.95 bits per heavy atom. The van der Waals surface area contributed by atoms with Crippen molar-refractivity contribution in [1.82, 2.24) is 4.98 Å². The van der Waals surface area contributed by atoms with Crippen molar-refractivity contribution in [1.29, 1.82) is 0 Å². The molecular formula is C15H18N2O2S2. The number of hydrogen-bond acceptors (Lipinski definition) is 6. The van der Waals surface area contributed by atoms with Crippen molar-refractivity contribution >= 4 is 33.8 Å². The molecule has 1 aliphatic rings. The molecule has 2 aromatic heterocycles. The van der Waals surface area contributed by atoms with Crippen LogP contribution in [0.3, 0.4) is 0 Å². The summed E-state index contributed by atoms with van der Waals surface area (Å²) in [4.78, 5) is 21.0.